The molecule has 0 radical (unpaired) electrons. The Hall–Kier alpha value is -4.47. The minimum atomic E-state index is -5.19. The van der Waals surface area contributed by atoms with Gasteiger partial charge in [0.25, 0.3) is 0 Å². The second-order valence-corrected chi connectivity index (χ2v) is 8.06. The van der Waals surface area contributed by atoms with E-state index in [0.29, 0.717) is 6.54 Å². The van der Waals surface area contributed by atoms with Gasteiger partial charge in [0.2, 0.25) is 0 Å². The van der Waals surface area contributed by atoms with Gasteiger partial charge in [0.15, 0.2) is 0 Å². The van der Waals surface area contributed by atoms with E-state index in [1.807, 2.05) is 74.5 Å². The highest BCUT2D eigenvalue weighted by molar-refractivity contribution is 5.73. The highest BCUT2D eigenvalue weighted by Gasteiger charge is 2.38. The first-order chi connectivity index (χ1) is 18.4. The first kappa shape index (κ1) is 33.6. The fraction of sp³-hybridized carbons (Fsp3) is 0.292. The summed E-state index contributed by atoms with van der Waals surface area (Å²) in [4.78, 5) is 19.7. The minimum Gasteiger partial charge on any atom is -0.542 e. The van der Waals surface area contributed by atoms with Crippen molar-refractivity contribution in [2.75, 3.05) is 19.0 Å². The minimum absolute atomic E-state index is 0.544. The maximum absolute atomic E-state index is 10.6. The van der Waals surface area contributed by atoms with Crippen LogP contribution in [0.1, 0.15) is 11.1 Å². The fourth-order valence-corrected chi connectivity index (χ4v) is 2.74. The van der Waals surface area contributed by atoms with Crippen molar-refractivity contribution in [1.29, 1.82) is 0 Å². The average molecular weight is 576 g/mol. The first-order valence-corrected chi connectivity index (χ1v) is 11.1. The van der Waals surface area contributed by atoms with Crippen molar-refractivity contribution < 1.29 is 50.7 Å². The number of nitrogens with zero attached hydrogens (tertiary/aromatic N) is 5. The van der Waals surface area contributed by atoms with Gasteiger partial charge in [0, 0.05) is 31.4 Å². The molecule has 0 aliphatic rings. The molecule has 218 valence electrons. The summed E-state index contributed by atoms with van der Waals surface area (Å²) >= 11 is 0. The highest BCUT2D eigenvalue weighted by atomic mass is 19.4. The maximum Gasteiger partial charge on any atom is 0.490 e. The normalized spacial score (nSPS) is 11.2. The van der Waals surface area contributed by atoms with Crippen LogP contribution in [0, 0.1) is 0 Å². The molecule has 10 nitrogen and oxygen atoms in total. The van der Waals surface area contributed by atoms with E-state index in [1.165, 1.54) is 5.56 Å². The Morgan fingerprint density at radius 2 is 1.52 bits per heavy atom. The van der Waals surface area contributed by atoms with Crippen LogP contribution in [-0.2, 0) is 29.7 Å². The number of halogens is 6. The smallest absolute Gasteiger partial charge is 0.490 e. The Morgan fingerprint density at radius 1 is 1.00 bits per heavy atom. The van der Waals surface area contributed by atoms with Gasteiger partial charge in [0.1, 0.15) is 11.7 Å². The molecule has 3 rings (SSSR count). The number of azo groups is 1. The summed E-state index contributed by atoms with van der Waals surface area (Å²) in [6, 6.07) is 16.3. The van der Waals surface area contributed by atoms with E-state index in [4.69, 9.17) is 25.5 Å². The number of aryl methyl sites for hydroxylation is 1. The topological polar surface area (TPSA) is 140 Å². The number of carbonyl (C=O) groups excluding carboxylic acids is 1. The number of anilines is 1. The number of carboxylic acids is 2. The number of rotatable bonds is 6. The van der Waals surface area contributed by atoms with Crippen molar-refractivity contribution >= 4 is 29.3 Å². The van der Waals surface area contributed by atoms with Gasteiger partial charge in [-0.3, -0.25) is 0 Å². The molecule has 2 aromatic carbocycles. The molecule has 0 atom stereocenters. The molecule has 0 spiro atoms. The SMILES string of the molecule is CN(C)c1ccc(N=Nc2n(Cc3cccc(CN)c3)cc[n+]2C)cc1.O=C(O)C(F)(F)F.O=C([O-])C(F)(F)F. The van der Waals surface area contributed by atoms with Crippen molar-refractivity contribution in [3.8, 4) is 0 Å². The maximum atomic E-state index is 10.6. The number of nitrogens with two attached hydrogens (primary N) is 1. The molecule has 1 heterocycles. The van der Waals surface area contributed by atoms with Gasteiger partial charge in [0.05, 0.1) is 26.0 Å². The summed E-state index contributed by atoms with van der Waals surface area (Å²) < 4.78 is 67.3. The molecule has 0 unspecified atom stereocenters. The molecule has 0 amide bonds. The molecule has 16 heteroatoms. The molecule has 0 saturated carbocycles. The van der Waals surface area contributed by atoms with Crippen LogP contribution >= 0.6 is 0 Å². The van der Waals surface area contributed by atoms with Gasteiger partial charge in [-0.2, -0.15) is 26.3 Å². The van der Waals surface area contributed by atoms with E-state index >= 15 is 0 Å². The Bertz CT molecular complexity index is 1260. The monoisotopic (exact) mass is 576 g/mol. The summed E-state index contributed by atoms with van der Waals surface area (Å²) in [5.41, 5.74) is 10.0. The Labute approximate surface area is 224 Å². The molecule has 0 aliphatic carbocycles. The van der Waals surface area contributed by atoms with Crippen LogP contribution in [0.2, 0.25) is 0 Å². The standard InChI is InChI=1S/C20H25N6.2C2HF3O2/c1-24(2)19-9-7-18(8-10-19)22-23-20-25(3)11-12-26(20)15-17-6-4-5-16(13-17)14-21;2*3-2(4,5)1(6)7/h4-13H,14-15,21H2,1-3H3;2*(H,6,7)/q+1;;/p-1. The summed E-state index contributed by atoms with van der Waals surface area (Å²) in [6.45, 7) is 1.27. The van der Waals surface area contributed by atoms with Crippen LogP contribution in [0.3, 0.4) is 0 Å². The Balaban J connectivity index is 0.000000473. The fourth-order valence-electron chi connectivity index (χ4n) is 2.74. The predicted octanol–water partition coefficient (Wildman–Crippen LogP) is 3.23. The zero-order valence-electron chi connectivity index (χ0n) is 21.4. The second kappa shape index (κ2) is 14.6. The van der Waals surface area contributed by atoms with Crippen LogP contribution in [0.25, 0.3) is 0 Å². The van der Waals surface area contributed by atoms with Crippen molar-refractivity contribution in [3.05, 3.63) is 72.1 Å². The third kappa shape index (κ3) is 11.5. The van der Waals surface area contributed by atoms with E-state index in [9.17, 15) is 26.3 Å². The lowest BCUT2D eigenvalue weighted by Crippen LogP contribution is -2.37. The van der Waals surface area contributed by atoms with E-state index in [0.717, 1.165) is 29.4 Å². The number of aromatic nitrogens is 2. The van der Waals surface area contributed by atoms with Crippen LogP contribution in [0.15, 0.2) is 71.2 Å². The Kier molecular flexibility index (Phi) is 12.3. The molecular formula is C24H26F6N6O4. The number of hydrogen-bond acceptors (Lipinski definition) is 7. The average Bonchev–Trinajstić information content (AvgIpc) is 3.21. The number of benzene rings is 2. The van der Waals surface area contributed by atoms with Crippen molar-refractivity contribution in [2.24, 2.45) is 23.0 Å². The highest BCUT2D eigenvalue weighted by Crippen LogP contribution is 2.21. The number of carbonyl (C=O) groups is 2. The summed E-state index contributed by atoms with van der Waals surface area (Å²) in [5.74, 6) is -4.97. The number of alkyl halides is 6. The molecule has 1 aromatic heterocycles. The van der Waals surface area contributed by atoms with E-state index in [2.05, 4.69) is 31.8 Å². The molecule has 0 bridgehead atoms. The molecule has 3 N–H and O–H groups in total. The molecule has 0 fully saturated rings. The first-order valence-electron chi connectivity index (χ1n) is 11.1. The molecule has 0 aliphatic heterocycles. The quantitative estimate of drug-likeness (QED) is 0.262. The van der Waals surface area contributed by atoms with Gasteiger partial charge in [-0.1, -0.05) is 29.4 Å². The number of carboxylic acid groups (broad SMARTS) is 2. The van der Waals surface area contributed by atoms with Crippen LogP contribution in [0.5, 0.6) is 0 Å². The van der Waals surface area contributed by atoms with Gasteiger partial charge < -0.3 is 25.6 Å². The summed E-state index contributed by atoms with van der Waals surface area (Å²) in [6.07, 6.45) is -6.28. The molecular weight excluding hydrogens is 550 g/mol. The van der Waals surface area contributed by atoms with Crippen LogP contribution in [0.4, 0.5) is 43.7 Å². The van der Waals surface area contributed by atoms with Crippen molar-refractivity contribution in [3.63, 3.8) is 0 Å². The lowest BCUT2D eigenvalue weighted by molar-refractivity contribution is -0.657. The van der Waals surface area contributed by atoms with Gasteiger partial charge >= 0.3 is 24.3 Å². The van der Waals surface area contributed by atoms with E-state index < -0.39 is 24.3 Å². The van der Waals surface area contributed by atoms with Gasteiger partial charge in [-0.25, -0.2) is 13.9 Å². The number of imidazole rings is 1. The number of aliphatic carboxylic acids is 2. The zero-order valence-corrected chi connectivity index (χ0v) is 21.4. The third-order valence-corrected chi connectivity index (χ3v) is 4.72. The van der Waals surface area contributed by atoms with E-state index in [1.54, 1.807) is 0 Å². The summed E-state index contributed by atoms with van der Waals surface area (Å²) in [7, 11) is 6.00. The molecule has 40 heavy (non-hydrogen) atoms. The van der Waals surface area contributed by atoms with E-state index in [-0.39, 0.29) is 0 Å². The van der Waals surface area contributed by atoms with Crippen LogP contribution < -0.4 is 20.3 Å². The predicted molar refractivity (Wildman–Crippen MR) is 129 cm³/mol. The van der Waals surface area contributed by atoms with Crippen LogP contribution in [-0.4, -0.2) is 48.1 Å². The third-order valence-electron chi connectivity index (χ3n) is 4.72. The number of hydrogen-bond donors (Lipinski definition) is 2. The lowest BCUT2D eigenvalue weighted by Gasteiger charge is -2.11. The molecule has 0 saturated heterocycles. The molecule has 3 aromatic rings. The lowest BCUT2D eigenvalue weighted by atomic mass is 10.1. The van der Waals surface area contributed by atoms with Gasteiger partial charge in [-0.15, -0.1) is 0 Å². The van der Waals surface area contributed by atoms with Gasteiger partial charge in [-0.05, 0) is 35.4 Å². The summed E-state index contributed by atoms with van der Waals surface area (Å²) in [5, 5.41) is 24.8. The van der Waals surface area contributed by atoms with Crippen molar-refractivity contribution in [2.45, 2.75) is 25.4 Å². The largest absolute Gasteiger partial charge is 0.542 e. The Morgan fingerprint density at radius 3 is 1.98 bits per heavy atom. The zero-order chi connectivity index (χ0) is 30.7. The second-order valence-electron chi connectivity index (χ2n) is 8.06. The van der Waals surface area contributed by atoms with Crippen molar-refractivity contribution in [1.82, 2.24) is 4.57 Å².